The predicted octanol–water partition coefficient (Wildman–Crippen LogP) is 3.36. The summed E-state index contributed by atoms with van der Waals surface area (Å²) in [7, 11) is 0. The molecule has 1 unspecified atom stereocenters. The standard InChI is InChI=1S/C18H20N2O2/c19-13-16(20-10-4-1-5-11-20)7-3-2-6-15-8-9-17-18(12-15)22-14-21-17/h2-3,6-9,12,16H,1,4-5,10-11,14H2/b6-2+,7-3+. The normalized spacial score (nSPS) is 19.6. The number of rotatable bonds is 4. The summed E-state index contributed by atoms with van der Waals surface area (Å²) < 4.78 is 10.6. The van der Waals surface area contributed by atoms with Gasteiger partial charge in [-0.3, -0.25) is 4.90 Å². The third kappa shape index (κ3) is 3.49. The highest BCUT2D eigenvalue weighted by atomic mass is 16.7. The molecule has 3 rings (SSSR count). The molecule has 0 N–H and O–H groups in total. The van der Waals surface area contributed by atoms with Crippen LogP contribution in [-0.2, 0) is 0 Å². The number of ether oxygens (including phenoxy) is 2. The molecule has 2 aliphatic heterocycles. The van der Waals surface area contributed by atoms with Crippen LogP contribution in [0, 0.1) is 11.3 Å². The Labute approximate surface area is 131 Å². The SMILES string of the molecule is N#CC(/C=C/C=C/c1ccc2c(c1)OCO2)N1CCCCC1. The van der Waals surface area contributed by atoms with Gasteiger partial charge in [0.1, 0.15) is 6.04 Å². The molecule has 1 aromatic rings. The number of likely N-dealkylation sites (tertiary alicyclic amines) is 1. The molecule has 1 atom stereocenters. The van der Waals surface area contributed by atoms with Crippen LogP contribution in [-0.4, -0.2) is 30.8 Å². The van der Waals surface area contributed by atoms with E-state index >= 15 is 0 Å². The van der Waals surface area contributed by atoms with Gasteiger partial charge in [0.15, 0.2) is 11.5 Å². The number of nitriles is 1. The maximum absolute atomic E-state index is 9.30. The van der Waals surface area contributed by atoms with E-state index in [1.165, 1.54) is 19.3 Å². The third-order valence-corrected chi connectivity index (χ3v) is 4.01. The lowest BCUT2D eigenvalue weighted by Crippen LogP contribution is -2.37. The minimum absolute atomic E-state index is 0.123. The van der Waals surface area contributed by atoms with E-state index in [1.807, 2.05) is 42.5 Å². The van der Waals surface area contributed by atoms with Crippen molar-refractivity contribution >= 4 is 6.08 Å². The van der Waals surface area contributed by atoms with E-state index in [0.29, 0.717) is 6.79 Å². The van der Waals surface area contributed by atoms with Gasteiger partial charge < -0.3 is 9.47 Å². The molecule has 0 aliphatic carbocycles. The summed E-state index contributed by atoms with van der Waals surface area (Å²) in [5.41, 5.74) is 1.06. The van der Waals surface area contributed by atoms with Crippen LogP contribution in [0.1, 0.15) is 24.8 Å². The van der Waals surface area contributed by atoms with Gasteiger partial charge in [0, 0.05) is 0 Å². The van der Waals surface area contributed by atoms with Crippen molar-refractivity contribution < 1.29 is 9.47 Å². The van der Waals surface area contributed by atoms with Crippen molar-refractivity contribution in [1.29, 1.82) is 5.26 Å². The first-order valence-electron chi connectivity index (χ1n) is 7.75. The van der Waals surface area contributed by atoms with E-state index in [0.717, 1.165) is 30.2 Å². The lowest BCUT2D eigenvalue weighted by Gasteiger charge is -2.28. The van der Waals surface area contributed by atoms with E-state index in [4.69, 9.17) is 9.47 Å². The van der Waals surface area contributed by atoms with Crippen molar-refractivity contribution in [3.8, 4) is 17.6 Å². The Morgan fingerprint density at radius 2 is 1.91 bits per heavy atom. The minimum atomic E-state index is -0.123. The number of hydrogen-bond donors (Lipinski definition) is 0. The average Bonchev–Trinajstić information content (AvgIpc) is 3.03. The third-order valence-electron chi connectivity index (χ3n) is 4.01. The summed E-state index contributed by atoms with van der Waals surface area (Å²) in [6, 6.07) is 8.11. The van der Waals surface area contributed by atoms with Gasteiger partial charge in [-0.15, -0.1) is 0 Å². The van der Waals surface area contributed by atoms with Crippen LogP contribution in [0.15, 0.2) is 36.4 Å². The number of nitrogens with zero attached hydrogens (tertiary/aromatic N) is 2. The van der Waals surface area contributed by atoms with Crippen molar-refractivity contribution in [2.45, 2.75) is 25.3 Å². The molecule has 4 nitrogen and oxygen atoms in total. The Hall–Kier alpha value is -2.25. The van der Waals surface area contributed by atoms with Crippen molar-refractivity contribution in [3.63, 3.8) is 0 Å². The average molecular weight is 296 g/mol. The summed E-state index contributed by atoms with van der Waals surface area (Å²) >= 11 is 0. The summed E-state index contributed by atoms with van der Waals surface area (Å²) in [6.07, 6.45) is 11.6. The molecular formula is C18H20N2O2. The lowest BCUT2D eigenvalue weighted by atomic mass is 10.1. The summed E-state index contributed by atoms with van der Waals surface area (Å²) in [6.45, 7) is 2.34. The molecule has 0 aromatic heterocycles. The maximum atomic E-state index is 9.30. The first kappa shape index (κ1) is 14.7. The molecule has 4 heteroatoms. The summed E-state index contributed by atoms with van der Waals surface area (Å²) in [5.74, 6) is 1.58. The van der Waals surface area contributed by atoms with Crippen LogP contribution in [0.3, 0.4) is 0 Å². The monoisotopic (exact) mass is 296 g/mol. The second kappa shape index (κ2) is 7.15. The Morgan fingerprint density at radius 1 is 1.09 bits per heavy atom. The fraction of sp³-hybridized carbons (Fsp3) is 0.389. The number of fused-ring (bicyclic) bond motifs is 1. The first-order valence-corrected chi connectivity index (χ1v) is 7.75. The van der Waals surface area contributed by atoms with Crippen LogP contribution in [0.5, 0.6) is 11.5 Å². The largest absolute Gasteiger partial charge is 0.454 e. The van der Waals surface area contributed by atoms with Gasteiger partial charge in [0.05, 0.1) is 6.07 Å². The van der Waals surface area contributed by atoms with Gasteiger partial charge in [-0.2, -0.15) is 5.26 Å². The van der Waals surface area contributed by atoms with Crippen LogP contribution in [0.4, 0.5) is 0 Å². The van der Waals surface area contributed by atoms with E-state index in [2.05, 4.69) is 11.0 Å². The number of benzene rings is 1. The van der Waals surface area contributed by atoms with Gasteiger partial charge in [-0.1, -0.05) is 36.8 Å². The van der Waals surface area contributed by atoms with Crippen molar-refractivity contribution in [2.24, 2.45) is 0 Å². The van der Waals surface area contributed by atoms with Crippen molar-refractivity contribution in [2.75, 3.05) is 19.9 Å². The molecule has 1 saturated heterocycles. The van der Waals surface area contributed by atoms with Crippen molar-refractivity contribution in [3.05, 3.63) is 42.0 Å². The minimum Gasteiger partial charge on any atom is -0.454 e. The summed E-state index contributed by atoms with van der Waals surface area (Å²) in [4.78, 5) is 2.24. The Morgan fingerprint density at radius 3 is 2.73 bits per heavy atom. The lowest BCUT2D eigenvalue weighted by molar-refractivity contribution is 0.174. The first-order chi connectivity index (χ1) is 10.9. The molecule has 0 radical (unpaired) electrons. The second-order valence-corrected chi connectivity index (χ2v) is 5.53. The highest BCUT2D eigenvalue weighted by molar-refractivity contribution is 5.57. The Balaban J connectivity index is 1.59. The van der Waals surface area contributed by atoms with Crippen molar-refractivity contribution in [1.82, 2.24) is 4.90 Å². The number of piperidine rings is 1. The molecule has 0 saturated carbocycles. The fourth-order valence-corrected chi connectivity index (χ4v) is 2.80. The second-order valence-electron chi connectivity index (χ2n) is 5.53. The molecule has 1 fully saturated rings. The highest BCUT2D eigenvalue weighted by Crippen LogP contribution is 2.32. The molecule has 2 aliphatic rings. The molecule has 22 heavy (non-hydrogen) atoms. The number of hydrogen-bond acceptors (Lipinski definition) is 4. The zero-order valence-electron chi connectivity index (χ0n) is 12.6. The zero-order valence-corrected chi connectivity index (χ0v) is 12.6. The van der Waals surface area contributed by atoms with Gasteiger partial charge in [0.2, 0.25) is 6.79 Å². The van der Waals surface area contributed by atoms with Gasteiger partial charge >= 0.3 is 0 Å². The molecule has 0 amide bonds. The quantitative estimate of drug-likeness (QED) is 0.799. The molecule has 2 heterocycles. The predicted molar refractivity (Wildman–Crippen MR) is 85.6 cm³/mol. The van der Waals surface area contributed by atoms with E-state index in [1.54, 1.807) is 0 Å². The molecule has 0 bridgehead atoms. The highest BCUT2D eigenvalue weighted by Gasteiger charge is 2.17. The van der Waals surface area contributed by atoms with E-state index in [-0.39, 0.29) is 6.04 Å². The zero-order chi connectivity index (χ0) is 15.2. The molecule has 0 spiro atoms. The summed E-state index contributed by atoms with van der Waals surface area (Å²) in [5, 5.41) is 9.30. The maximum Gasteiger partial charge on any atom is 0.231 e. The topological polar surface area (TPSA) is 45.5 Å². The molecule has 114 valence electrons. The van der Waals surface area contributed by atoms with Gasteiger partial charge in [-0.25, -0.2) is 0 Å². The van der Waals surface area contributed by atoms with Crippen LogP contribution in [0.2, 0.25) is 0 Å². The molecule has 1 aromatic carbocycles. The van der Waals surface area contributed by atoms with E-state index < -0.39 is 0 Å². The van der Waals surface area contributed by atoms with E-state index in [9.17, 15) is 5.26 Å². The van der Waals surface area contributed by atoms with Crippen LogP contribution in [0.25, 0.3) is 6.08 Å². The number of allylic oxidation sites excluding steroid dienone is 2. The van der Waals surface area contributed by atoms with Gasteiger partial charge in [0.25, 0.3) is 0 Å². The smallest absolute Gasteiger partial charge is 0.231 e. The van der Waals surface area contributed by atoms with Crippen LogP contribution >= 0.6 is 0 Å². The molecular weight excluding hydrogens is 276 g/mol. The van der Waals surface area contributed by atoms with Crippen LogP contribution < -0.4 is 9.47 Å². The Kier molecular flexibility index (Phi) is 4.77. The fourth-order valence-electron chi connectivity index (χ4n) is 2.80. The Bertz CT molecular complexity index is 610. The van der Waals surface area contributed by atoms with Gasteiger partial charge in [-0.05, 0) is 43.6 Å².